The van der Waals surface area contributed by atoms with Gasteiger partial charge in [-0.15, -0.1) is 23.1 Å². The maximum Gasteiger partial charge on any atom is 0.352 e. The number of aliphatic carboxylic acids is 3. The van der Waals surface area contributed by atoms with Gasteiger partial charge in [0.05, 0.1) is 0 Å². The number of β-lactam (4-membered cyclic amide) rings is 1. The van der Waals surface area contributed by atoms with Crippen molar-refractivity contribution < 1.29 is 64.2 Å². The summed E-state index contributed by atoms with van der Waals surface area (Å²) >= 11 is 1.99. The topological polar surface area (TPSA) is 278 Å². The van der Waals surface area contributed by atoms with Crippen molar-refractivity contribution in [1.82, 2.24) is 15.2 Å². The molecule has 2 amide bonds. The minimum atomic E-state index is -1.92. The molecule has 226 valence electrons. The Labute approximate surface area is 242 Å². The van der Waals surface area contributed by atoms with E-state index in [1.54, 1.807) is 0 Å². The molecule has 4 heterocycles. The largest absolute Gasteiger partial charge is 0.479 e. The lowest BCUT2D eigenvalue weighted by atomic mass is 9.98. The van der Waals surface area contributed by atoms with E-state index in [1.807, 2.05) is 0 Å². The fraction of sp³-hybridized carbons (Fsp3) is 0.409. The van der Waals surface area contributed by atoms with Crippen LogP contribution in [0.25, 0.3) is 0 Å². The molecule has 0 saturated carbocycles. The molecule has 1 aromatic rings. The first-order valence-corrected chi connectivity index (χ1v) is 13.7. The average Bonchev–Trinajstić information content (AvgIpc) is 3.40. The molecule has 0 aliphatic carbocycles. The average molecular weight is 630 g/mol. The number of aliphatic hydroxyl groups is 3. The summed E-state index contributed by atoms with van der Waals surface area (Å²) in [5.41, 5.74) is -0.700. The van der Waals surface area contributed by atoms with Crippen LogP contribution < -0.4 is 10.6 Å². The zero-order valence-corrected chi connectivity index (χ0v) is 22.6. The number of carboxylic acid groups (broad SMARTS) is 3. The minimum Gasteiger partial charge on any atom is -0.479 e. The molecular formula is C22H23N5O13S2. The minimum absolute atomic E-state index is 0.0811. The number of carboxylic acids is 3. The lowest BCUT2D eigenvalue weighted by Crippen LogP contribution is -2.71. The molecule has 3 aliphatic heterocycles. The predicted molar refractivity (Wildman–Crippen MR) is 140 cm³/mol. The molecule has 0 radical (unpaired) electrons. The number of thioether (sulfide) groups is 1. The number of oxime groups is 1. The number of nitrogens with zero attached hydrogens (tertiary/aromatic N) is 3. The third-order valence-electron chi connectivity index (χ3n) is 6.16. The van der Waals surface area contributed by atoms with Crippen LogP contribution in [-0.4, -0.2) is 130 Å². The standard InChI is InChI=1S/C22H23N5O13S2/c1-2-6-4-41-19-10(18(34)27(19)11(6)20(35)36)24-16(33)9(26-39-3-8(28)29)7-5-42-22(23-7)25-17-14(32)12(30)13(31)15(40-17)21(37)38/h2,5,10,12-15,17,19,30-32H,1,3-4H2,(H,23,25)(H,24,33)(H,28,29)(H,35,36)(H,37,38)/b26-9-/t10-,12?,13?,14?,15?,17?,19-/m1/s1. The van der Waals surface area contributed by atoms with Crippen LogP contribution in [-0.2, 0) is 33.5 Å². The van der Waals surface area contributed by atoms with Gasteiger partial charge in [0.2, 0.25) is 6.61 Å². The fourth-order valence-corrected chi connectivity index (χ4v) is 6.20. The number of anilines is 1. The molecule has 2 fully saturated rings. The Kier molecular flexibility index (Phi) is 9.13. The summed E-state index contributed by atoms with van der Waals surface area (Å²) in [5, 5.41) is 66.6. The van der Waals surface area contributed by atoms with Crippen LogP contribution in [0.2, 0.25) is 0 Å². The van der Waals surface area contributed by atoms with Crippen LogP contribution in [0.5, 0.6) is 0 Å². The second kappa shape index (κ2) is 12.4. The number of aromatic nitrogens is 1. The molecule has 8 N–H and O–H groups in total. The van der Waals surface area contributed by atoms with Crippen molar-refractivity contribution in [2.24, 2.45) is 5.16 Å². The summed E-state index contributed by atoms with van der Waals surface area (Å²) in [6.45, 7) is 2.62. The Morgan fingerprint density at radius 1 is 1.19 bits per heavy atom. The zero-order chi connectivity index (χ0) is 30.9. The number of carbonyl (C=O) groups is 5. The first-order chi connectivity index (χ1) is 19.8. The number of carbonyl (C=O) groups excluding carboxylic acids is 2. The monoisotopic (exact) mass is 629 g/mol. The van der Waals surface area contributed by atoms with E-state index in [0.717, 1.165) is 16.2 Å². The Morgan fingerprint density at radius 2 is 1.90 bits per heavy atom. The molecule has 42 heavy (non-hydrogen) atoms. The summed E-state index contributed by atoms with van der Waals surface area (Å²) in [6.07, 6.45) is -7.71. The first-order valence-electron chi connectivity index (χ1n) is 11.8. The molecular weight excluding hydrogens is 606 g/mol. The van der Waals surface area contributed by atoms with Gasteiger partial charge in [-0.1, -0.05) is 17.8 Å². The van der Waals surface area contributed by atoms with Gasteiger partial charge in [0.15, 0.2) is 23.2 Å². The number of fused-ring (bicyclic) bond motifs is 1. The van der Waals surface area contributed by atoms with Crippen molar-refractivity contribution in [2.75, 3.05) is 17.7 Å². The molecule has 20 heteroatoms. The lowest BCUT2D eigenvalue weighted by molar-refractivity contribution is -0.221. The number of allylic oxidation sites excluding steroid dienone is 1. The van der Waals surface area contributed by atoms with E-state index in [9.17, 15) is 49.5 Å². The van der Waals surface area contributed by atoms with Crippen LogP contribution in [0.4, 0.5) is 5.13 Å². The molecule has 4 rings (SSSR count). The number of hydrogen-bond acceptors (Lipinski definition) is 15. The molecule has 7 atom stereocenters. The highest BCUT2D eigenvalue weighted by Gasteiger charge is 2.54. The van der Waals surface area contributed by atoms with Crippen molar-refractivity contribution in [2.45, 2.75) is 42.1 Å². The van der Waals surface area contributed by atoms with E-state index in [0.29, 0.717) is 5.57 Å². The summed E-state index contributed by atoms with van der Waals surface area (Å²) in [5.74, 6) is -5.90. The Morgan fingerprint density at radius 3 is 2.52 bits per heavy atom. The van der Waals surface area contributed by atoms with E-state index >= 15 is 0 Å². The second-order valence-corrected chi connectivity index (χ2v) is 10.8. The molecule has 0 aromatic carbocycles. The summed E-state index contributed by atoms with van der Waals surface area (Å²) in [7, 11) is 0. The maximum atomic E-state index is 13.2. The SMILES string of the molecule is C=CC1=C(C(=O)O)N2C(=O)[C@@H](NC(=O)/C(=N\OCC(=O)O)c3csc(NC4OC(C(=O)O)C(O)C(O)C4O)n3)[C@H]2SC1. The molecule has 3 aliphatic rings. The Bertz CT molecular complexity index is 1380. The zero-order valence-electron chi connectivity index (χ0n) is 21.0. The van der Waals surface area contributed by atoms with Gasteiger partial charge in [-0.2, -0.15) is 0 Å². The normalized spacial score (nSPS) is 29.2. The van der Waals surface area contributed by atoms with Crippen LogP contribution in [0.3, 0.4) is 0 Å². The molecule has 0 spiro atoms. The van der Waals surface area contributed by atoms with Gasteiger partial charge < -0.3 is 50.8 Å². The van der Waals surface area contributed by atoms with Crippen molar-refractivity contribution >= 4 is 63.7 Å². The third kappa shape index (κ3) is 5.93. The Hall–Kier alpha value is -4.08. The highest BCUT2D eigenvalue weighted by molar-refractivity contribution is 8.00. The van der Waals surface area contributed by atoms with Gasteiger partial charge >= 0.3 is 17.9 Å². The smallest absolute Gasteiger partial charge is 0.352 e. The van der Waals surface area contributed by atoms with Gasteiger partial charge in [-0.3, -0.25) is 14.5 Å². The van der Waals surface area contributed by atoms with Crippen molar-refractivity contribution in [3.05, 3.63) is 35.0 Å². The molecule has 1 aromatic heterocycles. The van der Waals surface area contributed by atoms with E-state index in [4.69, 9.17) is 14.7 Å². The summed E-state index contributed by atoms with van der Waals surface area (Å²) in [6, 6.07) is -1.17. The van der Waals surface area contributed by atoms with Crippen molar-refractivity contribution in [1.29, 1.82) is 0 Å². The number of aliphatic hydroxyl groups excluding tert-OH is 3. The Balaban J connectivity index is 1.52. The molecule has 5 unspecified atom stereocenters. The predicted octanol–water partition coefficient (Wildman–Crippen LogP) is -2.82. The van der Waals surface area contributed by atoms with Crippen molar-refractivity contribution in [3.63, 3.8) is 0 Å². The number of ether oxygens (including phenoxy) is 1. The van der Waals surface area contributed by atoms with Crippen LogP contribution in [0, 0.1) is 0 Å². The number of thiazole rings is 1. The highest BCUT2D eigenvalue weighted by Crippen LogP contribution is 2.40. The van der Waals surface area contributed by atoms with Crippen LogP contribution >= 0.6 is 23.1 Å². The summed E-state index contributed by atoms with van der Waals surface area (Å²) in [4.78, 5) is 69.8. The number of nitrogens with one attached hydrogen (secondary N) is 2. The maximum absolute atomic E-state index is 13.2. The fourth-order valence-electron chi connectivity index (χ4n) is 4.14. The van der Waals surface area contributed by atoms with Gasteiger partial charge in [-0.05, 0) is 5.57 Å². The lowest BCUT2D eigenvalue weighted by Gasteiger charge is -2.49. The number of hydrogen-bond donors (Lipinski definition) is 8. The van der Waals surface area contributed by atoms with Gasteiger partial charge in [-0.25, -0.2) is 19.4 Å². The number of rotatable bonds is 11. The van der Waals surface area contributed by atoms with Gasteiger partial charge in [0, 0.05) is 11.1 Å². The molecule has 0 bridgehead atoms. The quantitative estimate of drug-likeness (QED) is 0.0696. The second-order valence-electron chi connectivity index (χ2n) is 8.82. The van der Waals surface area contributed by atoms with Gasteiger partial charge in [0.25, 0.3) is 11.8 Å². The van der Waals surface area contributed by atoms with E-state index in [1.165, 1.54) is 23.2 Å². The van der Waals surface area contributed by atoms with Crippen LogP contribution in [0.15, 0.2) is 34.5 Å². The molecule has 18 nitrogen and oxygen atoms in total. The third-order valence-corrected chi connectivity index (χ3v) is 8.24. The van der Waals surface area contributed by atoms with E-state index in [-0.39, 0.29) is 22.3 Å². The number of amides is 2. The molecule has 2 saturated heterocycles. The summed E-state index contributed by atoms with van der Waals surface area (Å²) < 4.78 is 5.13. The highest BCUT2D eigenvalue weighted by atomic mass is 32.2. The van der Waals surface area contributed by atoms with Gasteiger partial charge in [0.1, 0.15) is 41.1 Å². The van der Waals surface area contributed by atoms with Crippen molar-refractivity contribution in [3.8, 4) is 0 Å². The first kappa shape index (κ1) is 30.9. The van der Waals surface area contributed by atoms with Crippen LogP contribution in [0.1, 0.15) is 5.69 Å². The van der Waals surface area contributed by atoms with E-state index in [2.05, 4.69) is 27.4 Å². The van der Waals surface area contributed by atoms with E-state index < -0.39 is 84.1 Å².